The largest absolute Gasteiger partial charge is 0.359 e. The van der Waals surface area contributed by atoms with Crippen molar-refractivity contribution in [3.05, 3.63) is 114 Å². The fourth-order valence-corrected chi connectivity index (χ4v) is 5.59. The van der Waals surface area contributed by atoms with Crippen molar-refractivity contribution in [3.8, 4) is 11.3 Å². The van der Waals surface area contributed by atoms with Gasteiger partial charge >= 0.3 is 0 Å². The van der Waals surface area contributed by atoms with Crippen molar-refractivity contribution in [2.45, 2.75) is 11.8 Å². The van der Waals surface area contributed by atoms with Gasteiger partial charge in [0.15, 0.2) is 5.76 Å². The number of nitrogens with zero attached hydrogens (tertiary/aromatic N) is 3. The molecule has 4 aromatic rings. The molecule has 1 fully saturated rings. The molecule has 0 bridgehead atoms. The third kappa shape index (κ3) is 6.02. The van der Waals surface area contributed by atoms with Crippen molar-refractivity contribution >= 4 is 17.7 Å². The Morgan fingerprint density at radius 3 is 2.00 bits per heavy atom. The molecule has 5 nitrogen and oxygen atoms in total. The Labute approximate surface area is 210 Å². The van der Waals surface area contributed by atoms with Gasteiger partial charge in [-0.05, 0) is 11.1 Å². The minimum atomic E-state index is 0.146. The lowest BCUT2D eigenvalue weighted by molar-refractivity contribution is -0.130. The average molecular weight is 484 g/mol. The Balaban J connectivity index is 1.13. The van der Waals surface area contributed by atoms with Gasteiger partial charge in [0.05, 0.1) is 17.5 Å². The van der Waals surface area contributed by atoms with Crippen molar-refractivity contribution in [2.24, 2.45) is 0 Å². The van der Waals surface area contributed by atoms with E-state index in [1.807, 2.05) is 53.4 Å². The minimum Gasteiger partial charge on any atom is -0.359 e. The van der Waals surface area contributed by atoms with Gasteiger partial charge in [-0.15, -0.1) is 11.8 Å². The molecule has 1 aliphatic rings. The van der Waals surface area contributed by atoms with Crippen LogP contribution in [0.15, 0.2) is 102 Å². The summed E-state index contributed by atoms with van der Waals surface area (Å²) >= 11 is 1.71. The first-order chi connectivity index (χ1) is 17.3. The quantitative estimate of drug-likeness (QED) is 0.331. The summed E-state index contributed by atoms with van der Waals surface area (Å²) in [5.74, 6) is 1.53. The number of carbonyl (C=O) groups is 1. The molecule has 0 N–H and O–H groups in total. The second kappa shape index (κ2) is 11.4. The van der Waals surface area contributed by atoms with Gasteiger partial charge in [-0.3, -0.25) is 9.69 Å². The first-order valence-electron chi connectivity index (χ1n) is 12.0. The molecule has 0 unspecified atom stereocenters. The zero-order valence-corrected chi connectivity index (χ0v) is 20.4. The van der Waals surface area contributed by atoms with Gasteiger partial charge < -0.3 is 9.42 Å². The van der Waals surface area contributed by atoms with Crippen molar-refractivity contribution in [3.63, 3.8) is 0 Å². The van der Waals surface area contributed by atoms with Gasteiger partial charge in [-0.25, -0.2) is 0 Å². The molecule has 0 radical (unpaired) electrons. The predicted octanol–water partition coefficient (Wildman–Crippen LogP) is 5.51. The highest BCUT2D eigenvalue weighted by Gasteiger charge is 2.24. The monoisotopic (exact) mass is 483 g/mol. The summed E-state index contributed by atoms with van der Waals surface area (Å²) in [4.78, 5) is 17.4. The van der Waals surface area contributed by atoms with Crippen molar-refractivity contribution < 1.29 is 9.32 Å². The summed E-state index contributed by atoms with van der Waals surface area (Å²) in [5.41, 5.74) is 4.36. The van der Waals surface area contributed by atoms with Gasteiger partial charge in [-0.2, -0.15) is 0 Å². The van der Waals surface area contributed by atoms with Gasteiger partial charge in [0.1, 0.15) is 5.69 Å². The molecule has 2 heterocycles. The molecule has 0 saturated carbocycles. The number of amides is 1. The smallest absolute Gasteiger partial charge is 0.232 e. The van der Waals surface area contributed by atoms with Crippen LogP contribution in [-0.2, 0) is 11.3 Å². The highest BCUT2D eigenvalue weighted by Crippen LogP contribution is 2.35. The van der Waals surface area contributed by atoms with Crippen LogP contribution in [0.1, 0.15) is 22.1 Å². The van der Waals surface area contributed by atoms with Gasteiger partial charge in [0.2, 0.25) is 5.91 Å². The van der Waals surface area contributed by atoms with Crippen LogP contribution >= 0.6 is 11.8 Å². The van der Waals surface area contributed by atoms with Crippen molar-refractivity contribution in [2.75, 3.05) is 31.9 Å². The molecule has 1 amide bonds. The van der Waals surface area contributed by atoms with Crippen LogP contribution < -0.4 is 0 Å². The minimum absolute atomic E-state index is 0.146. The zero-order chi connectivity index (χ0) is 23.9. The molecule has 0 spiro atoms. The van der Waals surface area contributed by atoms with Gasteiger partial charge in [0, 0.05) is 37.8 Å². The highest BCUT2D eigenvalue weighted by atomic mass is 32.2. The number of thioether (sulfide) groups is 1. The summed E-state index contributed by atoms with van der Waals surface area (Å²) in [6.45, 7) is 3.85. The summed E-state index contributed by atoms with van der Waals surface area (Å²) in [6, 6.07) is 32.9. The Morgan fingerprint density at radius 1 is 0.829 bits per heavy atom. The van der Waals surface area contributed by atoms with E-state index in [0.29, 0.717) is 12.3 Å². The molecule has 6 heteroatoms. The maximum absolute atomic E-state index is 13.0. The predicted molar refractivity (Wildman–Crippen MR) is 141 cm³/mol. The summed E-state index contributed by atoms with van der Waals surface area (Å²) in [6.07, 6.45) is 0. The van der Waals surface area contributed by atoms with Gasteiger partial charge in [-0.1, -0.05) is 96.2 Å². The number of rotatable bonds is 8. The number of carbonyl (C=O) groups excluding carboxylic acids is 1. The lowest BCUT2D eigenvalue weighted by Gasteiger charge is -2.34. The maximum Gasteiger partial charge on any atom is 0.232 e. The van der Waals surface area contributed by atoms with E-state index in [1.165, 1.54) is 11.1 Å². The van der Waals surface area contributed by atoms with Crippen molar-refractivity contribution in [1.82, 2.24) is 15.0 Å². The molecule has 1 saturated heterocycles. The number of hydrogen-bond donors (Lipinski definition) is 0. The zero-order valence-electron chi connectivity index (χ0n) is 19.6. The Bertz CT molecular complexity index is 1170. The Kier molecular flexibility index (Phi) is 7.61. The van der Waals surface area contributed by atoms with Crippen LogP contribution in [0.5, 0.6) is 0 Å². The normalized spacial score (nSPS) is 14.4. The van der Waals surface area contributed by atoms with E-state index < -0.39 is 0 Å². The van der Waals surface area contributed by atoms with E-state index in [-0.39, 0.29) is 11.2 Å². The first-order valence-corrected chi connectivity index (χ1v) is 13.0. The Hall–Kier alpha value is -3.35. The first kappa shape index (κ1) is 23.4. The molecule has 1 aromatic heterocycles. The highest BCUT2D eigenvalue weighted by molar-refractivity contribution is 8.00. The number of piperazine rings is 1. The van der Waals surface area contributed by atoms with Gasteiger partial charge in [0.25, 0.3) is 0 Å². The van der Waals surface area contributed by atoms with Crippen molar-refractivity contribution in [1.29, 1.82) is 0 Å². The van der Waals surface area contributed by atoms with Crippen LogP contribution in [0.2, 0.25) is 0 Å². The average Bonchev–Trinajstić information content (AvgIpc) is 3.39. The van der Waals surface area contributed by atoms with Crippen LogP contribution in [0.3, 0.4) is 0 Å². The molecule has 3 aromatic carbocycles. The van der Waals surface area contributed by atoms with E-state index in [4.69, 9.17) is 4.52 Å². The maximum atomic E-state index is 13.0. The second-order valence-corrected chi connectivity index (χ2v) is 9.81. The number of hydrogen-bond acceptors (Lipinski definition) is 5. The topological polar surface area (TPSA) is 49.6 Å². The molecule has 0 atom stereocenters. The van der Waals surface area contributed by atoms with Crippen LogP contribution in [0.4, 0.5) is 0 Å². The second-order valence-electron chi connectivity index (χ2n) is 8.71. The lowest BCUT2D eigenvalue weighted by atomic mass is 10.0. The van der Waals surface area contributed by atoms with E-state index in [0.717, 1.165) is 43.2 Å². The molecule has 178 valence electrons. The van der Waals surface area contributed by atoms with Crippen LogP contribution in [0, 0.1) is 0 Å². The Morgan fingerprint density at radius 2 is 1.40 bits per heavy atom. The van der Waals surface area contributed by atoms with Crippen LogP contribution in [-0.4, -0.2) is 52.8 Å². The fraction of sp³-hybridized carbons (Fsp3) is 0.241. The SMILES string of the molecule is O=C(CSC(c1ccccc1)c1ccccc1)N1CCN(Cc2cc(-c3ccccc3)no2)CC1. The number of benzene rings is 3. The lowest BCUT2D eigenvalue weighted by Crippen LogP contribution is -2.48. The molecule has 0 aliphatic carbocycles. The summed E-state index contributed by atoms with van der Waals surface area (Å²) in [5, 5.41) is 4.36. The molecular formula is C29H29N3O2S. The van der Waals surface area contributed by atoms with E-state index >= 15 is 0 Å². The van der Waals surface area contributed by atoms with E-state index in [2.05, 4.69) is 58.6 Å². The van der Waals surface area contributed by atoms with E-state index in [9.17, 15) is 4.79 Å². The summed E-state index contributed by atoms with van der Waals surface area (Å²) in [7, 11) is 0. The third-order valence-corrected chi connectivity index (χ3v) is 7.60. The molecule has 5 rings (SSSR count). The standard InChI is InChI=1S/C29H29N3O2S/c33-28(22-35-29(24-12-6-2-7-13-24)25-14-8-3-9-15-25)32-18-16-31(17-19-32)21-26-20-27(30-34-26)23-10-4-1-5-11-23/h1-15,20,29H,16-19,21-22H2. The molecular weight excluding hydrogens is 454 g/mol. The number of aromatic nitrogens is 1. The molecule has 35 heavy (non-hydrogen) atoms. The van der Waals surface area contributed by atoms with E-state index in [1.54, 1.807) is 11.8 Å². The molecule has 1 aliphatic heterocycles. The van der Waals surface area contributed by atoms with Crippen LogP contribution in [0.25, 0.3) is 11.3 Å². The third-order valence-electron chi connectivity index (χ3n) is 6.31. The fourth-order valence-electron chi connectivity index (χ4n) is 4.39. The summed E-state index contributed by atoms with van der Waals surface area (Å²) < 4.78 is 5.57.